The van der Waals surface area contributed by atoms with E-state index in [1.807, 2.05) is 0 Å². The third kappa shape index (κ3) is 9.60. The molecule has 26 heavy (non-hydrogen) atoms. The molecule has 0 unspecified atom stereocenters. The van der Waals surface area contributed by atoms with Crippen molar-refractivity contribution in [1.82, 2.24) is 0 Å². The summed E-state index contributed by atoms with van der Waals surface area (Å²) < 4.78 is 9.97. The van der Waals surface area contributed by atoms with Gasteiger partial charge in [-0.15, -0.1) is 0 Å². The van der Waals surface area contributed by atoms with Gasteiger partial charge in [-0.3, -0.25) is 0 Å². The minimum atomic E-state index is -1.40. The van der Waals surface area contributed by atoms with Gasteiger partial charge in [-0.25, -0.2) is 4.79 Å². The first kappa shape index (κ1) is 25.7. The zero-order valence-corrected chi connectivity index (χ0v) is 18.4. The number of unbranched alkanes of at least 4 members (excludes halogenated alkanes) is 10. The van der Waals surface area contributed by atoms with Gasteiger partial charge >= 0.3 is 35.5 Å². The molecule has 2 atom stereocenters. The quantitative estimate of drug-likeness (QED) is 0.219. The van der Waals surface area contributed by atoms with Crippen molar-refractivity contribution >= 4 is 5.97 Å². The molecule has 0 aromatic carbocycles. The van der Waals surface area contributed by atoms with E-state index >= 15 is 0 Å². The molecule has 0 aromatic rings. The maximum absolute atomic E-state index is 11.9. The molecule has 0 aromatic heterocycles. The van der Waals surface area contributed by atoms with Crippen LogP contribution < -0.4 is 34.7 Å². The topological polar surface area (TPSA) is 99.1 Å². The third-order valence-electron chi connectivity index (χ3n) is 4.43. The Labute approximate surface area is 179 Å². The molecule has 0 spiro atoms. The zero-order chi connectivity index (χ0) is 18.5. The normalized spacial score (nSPS) is 17.8. The van der Waals surface area contributed by atoms with Crippen LogP contribution in [0.25, 0.3) is 0 Å². The molecule has 1 rings (SSSR count). The zero-order valence-electron chi connectivity index (χ0n) is 16.4. The number of rotatable bonds is 15. The first-order chi connectivity index (χ1) is 12.1. The van der Waals surface area contributed by atoms with E-state index in [1.54, 1.807) is 0 Å². The van der Waals surface area contributed by atoms with E-state index in [0.717, 1.165) is 19.3 Å². The van der Waals surface area contributed by atoms with Crippen LogP contribution in [-0.2, 0) is 14.3 Å². The Bertz CT molecular complexity index is 413. The van der Waals surface area contributed by atoms with E-state index in [4.69, 9.17) is 14.6 Å². The number of ether oxygens (including phenoxy) is 2. The van der Waals surface area contributed by atoms with Crippen molar-refractivity contribution in [3.8, 4) is 0 Å². The number of cyclic esters (lactones) is 1. The van der Waals surface area contributed by atoms with Crippen molar-refractivity contribution < 1.29 is 59.1 Å². The van der Waals surface area contributed by atoms with Crippen molar-refractivity contribution in [2.24, 2.45) is 0 Å². The fourth-order valence-corrected chi connectivity index (χ4v) is 2.87. The predicted molar refractivity (Wildman–Crippen MR) is 92.4 cm³/mol. The van der Waals surface area contributed by atoms with Crippen LogP contribution in [0, 0.1) is 0 Å². The first-order valence-electron chi connectivity index (χ1n) is 9.65. The van der Waals surface area contributed by atoms with E-state index in [2.05, 4.69) is 6.92 Å². The second kappa shape index (κ2) is 15.8. The van der Waals surface area contributed by atoms with E-state index < -0.39 is 30.5 Å². The van der Waals surface area contributed by atoms with Crippen LogP contribution in [0.2, 0.25) is 0 Å². The molecule has 0 radical (unpaired) electrons. The number of hydrogen-bond acceptors (Lipinski definition) is 6. The summed E-state index contributed by atoms with van der Waals surface area (Å²) in [7, 11) is 0. The van der Waals surface area contributed by atoms with Crippen molar-refractivity contribution in [2.45, 2.75) is 89.8 Å². The van der Waals surface area contributed by atoms with Gasteiger partial charge in [0.2, 0.25) is 0 Å². The van der Waals surface area contributed by atoms with Crippen molar-refractivity contribution in [1.29, 1.82) is 0 Å². The second-order valence-corrected chi connectivity index (χ2v) is 6.65. The summed E-state index contributed by atoms with van der Waals surface area (Å²) in [5.41, 5.74) is 0. The van der Waals surface area contributed by atoms with Crippen molar-refractivity contribution in [3.63, 3.8) is 0 Å². The maximum atomic E-state index is 11.9. The molecule has 2 N–H and O–H groups in total. The molecule has 1 aliphatic rings. The molecule has 1 aliphatic heterocycles. The average Bonchev–Trinajstić information content (AvgIpc) is 2.89. The molecule has 6 nitrogen and oxygen atoms in total. The molecule has 0 fully saturated rings. The number of esters is 1. The Morgan fingerprint density at radius 2 is 1.54 bits per heavy atom. The molecular weight excluding hydrogens is 347 g/mol. The Balaban J connectivity index is 0.00000625. The van der Waals surface area contributed by atoms with Gasteiger partial charge in [-0.1, -0.05) is 71.1 Å². The average molecular weight is 380 g/mol. The molecule has 0 saturated heterocycles. The van der Waals surface area contributed by atoms with Gasteiger partial charge in [0, 0.05) is 0 Å². The molecule has 146 valence electrons. The fourth-order valence-electron chi connectivity index (χ4n) is 2.87. The minimum absolute atomic E-state index is 0. The maximum Gasteiger partial charge on any atom is 1.00 e. The van der Waals surface area contributed by atoms with E-state index in [0.29, 0.717) is 0 Å². The summed E-state index contributed by atoms with van der Waals surface area (Å²) in [6.45, 7) is 1.87. The molecule has 0 aliphatic carbocycles. The van der Waals surface area contributed by atoms with Crippen LogP contribution in [0.15, 0.2) is 11.5 Å². The summed E-state index contributed by atoms with van der Waals surface area (Å²) in [4.78, 5) is 11.6. The number of carbonyl (C=O) groups is 1. The van der Waals surface area contributed by atoms with Crippen molar-refractivity contribution in [3.05, 3.63) is 11.5 Å². The first-order valence-corrected chi connectivity index (χ1v) is 9.65. The van der Waals surface area contributed by atoms with E-state index in [1.165, 1.54) is 51.4 Å². The summed E-state index contributed by atoms with van der Waals surface area (Å²) in [5.74, 6) is -1.90. The Hall–Kier alpha value is -0.270. The SMILES string of the molecule is CCCCCCCCCCCCCOC1=C([O-])[C@@H]([C@@H](O)CO)OC1=O.[Na+]. The summed E-state index contributed by atoms with van der Waals surface area (Å²) >= 11 is 0. The third-order valence-corrected chi connectivity index (χ3v) is 4.43. The van der Waals surface area contributed by atoms with Crippen LogP contribution in [0.3, 0.4) is 0 Å². The molecule has 0 amide bonds. The van der Waals surface area contributed by atoms with Crippen LogP contribution in [-0.4, -0.2) is 41.6 Å². The fraction of sp³-hybridized carbons (Fsp3) is 0.842. The van der Waals surface area contributed by atoms with Gasteiger partial charge in [0.1, 0.15) is 12.2 Å². The Morgan fingerprint density at radius 3 is 2.04 bits per heavy atom. The van der Waals surface area contributed by atoms with Gasteiger partial charge in [0.05, 0.1) is 13.2 Å². The van der Waals surface area contributed by atoms with Gasteiger partial charge < -0.3 is 24.8 Å². The summed E-state index contributed by atoms with van der Waals surface area (Å²) in [6.07, 6.45) is 10.6. The summed E-state index contributed by atoms with van der Waals surface area (Å²) in [6, 6.07) is 0. The van der Waals surface area contributed by atoms with Crippen molar-refractivity contribution in [2.75, 3.05) is 13.2 Å². The number of aliphatic hydroxyl groups excluding tert-OH is 2. The standard InChI is InChI=1S/C19H34O6.Na/c1-2-3-4-5-6-7-8-9-10-11-12-13-24-18-16(22)17(15(21)14-20)25-19(18)23;/h15,17,20-22H,2-14H2,1H3;/q;+1/p-1/t15-,17+;/m0./s1. The number of carbonyl (C=O) groups excluding carboxylic acids is 1. The smallest absolute Gasteiger partial charge is 0.870 e. The van der Waals surface area contributed by atoms with Gasteiger partial charge in [-0.05, 0) is 12.2 Å². The predicted octanol–water partition coefficient (Wildman–Crippen LogP) is -0.831. The van der Waals surface area contributed by atoms with Crippen LogP contribution in [0.5, 0.6) is 0 Å². The minimum Gasteiger partial charge on any atom is -0.870 e. The van der Waals surface area contributed by atoms with Gasteiger partial charge in [0.25, 0.3) is 0 Å². The van der Waals surface area contributed by atoms with Gasteiger partial charge in [0.15, 0.2) is 5.76 Å². The molecule has 7 heteroatoms. The van der Waals surface area contributed by atoms with Crippen LogP contribution in [0.4, 0.5) is 0 Å². The molecule has 0 saturated carbocycles. The van der Waals surface area contributed by atoms with Crippen LogP contribution >= 0.6 is 0 Å². The molecule has 0 bridgehead atoms. The molecule has 1 heterocycles. The van der Waals surface area contributed by atoms with E-state index in [9.17, 15) is 15.0 Å². The van der Waals surface area contributed by atoms with E-state index in [-0.39, 0.29) is 41.9 Å². The molecular formula is C19H33NaO6. The largest absolute Gasteiger partial charge is 1.00 e. The Morgan fingerprint density at radius 1 is 1.04 bits per heavy atom. The monoisotopic (exact) mass is 380 g/mol. The Kier molecular flexibility index (Phi) is 15.6. The van der Waals surface area contributed by atoms with Gasteiger partial charge in [-0.2, -0.15) is 0 Å². The second-order valence-electron chi connectivity index (χ2n) is 6.65. The summed E-state index contributed by atoms with van der Waals surface area (Å²) in [5, 5.41) is 30.1. The number of hydrogen-bond donors (Lipinski definition) is 2. The van der Waals surface area contributed by atoms with Crippen LogP contribution in [0.1, 0.15) is 77.6 Å². The number of aliphatic hydroxyl groups is 2.